The van der Waals surface area contributed by atoms with Gasteiger partial charge in [0, 0.05) is 16.8 Å². The molecule has 3 aromatic carbocycles. The minimum atomic E-state index is -0.194. The molecule has 0 bridgehead atoms. The molecule has 0 radical (unpaired) electrons. The Labute approximate surface area is 199 Å². The van der Waals surface area contributed by atoms with E-state index in [1.54, 1.807) is 23.1 Å². The first-order valence-corrected chi connectivity index (χ1v) is 11.2. The topological polar surface area (TPSA) is 56.1 Å². The van der Waals surface area contributed by atoms with Gasteiger partial charge in [0.05, 0.1) is 18.4 Å². The molecule has 1 heterocycles. The summed E-state index contributed by atoms with van der Waals surface area (Å²) >= 11 is 6.04. The van der Waals surface area contributed by atoms with Gasteiger partial charge in [-0.25, -0.2) is 0 Å². The summed E-state index contributed by atoms with van der Waals surface area (Å²) in [4.78, 5) is 12.7. The van der Waals surface area contributed by atoms with Gasteiger partial charge in [-0.3, -0.25) is 9.48 Å². The van der Waals surface area contributed by atoms with Crippen LogP contribution in [0.25, 0.3) is 0 Å². The molecule has 1 amide bonds. The Balaban J connectivity index is 1.35. The largest absolute Gasteiger partial charge is 0.489 e. The Hall–Kier alpha value is -3.57. The number of amides is 1. The van der Waals surface area contributed by atoms with E-state index in [0.717, 1.165) is 16.9 Å². The Bertz CT molecular complexity index is 1230. The van der Waals surface area contributed by atoms with Crippen LogP contribution in [0.5, 0.6) is 5.75 Å². The maximum atomic E-state index is 12.7. The molecule has 6 heteroatoms. The predicted octanol–water partition coefficient (Wildman–Crippen LogP) is 6.54. The highest BCUT2D eigenvalue weighted by atomic mass is 35.5. The normalized spacial score (nSPS) is 10.9. The SMILES string of the molecule is CC(C)c1ccc(OCc2cccc(C(=O)Nc3cnn(Cc4cccc(Cl)c4)c3)c2)cc1. The van der Waals surface area contributed by atoms with Crippen LogP contribution in [0.4, 0.5) is 5.69 Å². The van der Waals surface area contributed by atoms with Crippen LogP contribution >= 0.6 is 11.6 Å². The maximum absolute atomic E-state index is 12.7. The minimum Gasteiger partial charge on any atom is -0.489 e. The fraction of sp³-hybridized carbons (Fsp3) is 0.185. The van der Waals surface area contributed by atoms with E-state index >= 15 is 0 Å². The molecule has 4 aromatic rings. The van der Waals surface area contributed by atoms with Crippen molar-refractivity contribution in [1.82, 2.24) is 9.78 Å². The van der Waals surface area contributed by atoms with Crippen LogP contribution in [0.15, 0.2) is 85.2 Å². The average molecular weight is 460 g/mol. The lowest BCUT2D eigenvalue weighted by Gasteiger charge is -2.10. The first-order valence-electron chi connectivity index (χ1n) is 10.9. The van der Waals surface area contributed by atoms with Crippen molar-refractivity contribution < 1.29 is 9.53 Å². The summed E-state index contributed by atoms with van der Waals surface area (Å²) in [6, 6.07) is 23.2. The molecule has 0 atom stereocenters. The van der Waals surface area contributed by atoms with E-state index in [9.17, 15) is 4.79 Å². The molecule has 4 rings (SSSR count). The van der Waals surface area contributed by atoms with Crippen molar-refractivity contribution in [1.29, 1.82) is 0 Å². The van der Waals surface area contributed by atoms with E-state index in [0.29, 0.717) is 35.3 Å². The third-order valence-corrected chi connectivity index (χ3v) is 5.50. The molecule has 1 aromatic heterocycles. The van der Waals surface area contributed by atoms with Gasteiger partial charge in [0.2, 0.25) is 0 Å². The third-order valence-electron chi connectivity index (χ3n) is 5.27. The zero-order chi connectivity index (χ0) is 23.2. The highest BCUT2D eigenvalue weighted by Crippen LogP contribution is 2.20. The van der Waals surface area contributed by atoms with Crippen LogP contribution in [-0.2, 0) is 13.2 Å². The smallest absolute Gasteiger partial charge is 0.255 e. The third kappa shape index (κ3) is 6.24. The molecule has 0 fully saturated rings. The van der Waals surface area contributed by atoms with Gasteiger partial charge in [-0.05, 0) is 59.0 Å². The Morgan fingerprint density at radius 1 is 1.03 bits per heavy atom. The van der Waals surface area contributed by atoms with Gasteiger partial charge < -0.3 is 10.1 Å². The van der Waals surface area contributed by atoms with Crippen LogP contribution in [0, 0.1) is 0 Å². The molecule has 1 N–H and O–H groups in total. The number of carbonyl (C=O) groups is 1. The number of nitrogens with zero attached hydrogens (tertiary/aromatic N) is 2. The summed E-state index contributed by atoms with van der Waals surface area (Å²) < 4.78 is 7.65. The Morgan fingerprint density at radius 3 is 2.55 bits per heavy atom. The lowest BCUT2D eigenvalue weighted by Crippen LogP contribution is -2.12. The number of carbonyl (C=O) groups excluding carboxylic acids is 1. The van der Waals surface area contributed by atoms with Crippen molar-refractivity contribution in [2.24, 2.45) is 0 Å². The molecular formula is C27H26ClN3O2. The van der Waals surface area contributed by atoms with Crippen molar-refractivity contribution in [3.8, 4) is 5.75 Å². The molecular weight excluding hydrogens is 434 g/mol. The second-order valence-corrected chi connectivity index (χ2v) is 8.66. The van der Waals surface area contributed by atoms with E-state index < -0.39 is 0 Å². The number of rotatable bonds is 8. The van der Waals surface area contributed by atoms with Crippen LogP contribution in [0.3, 0.4) is 0 Å². The maximum Gasteiger partial charge on any atom is 0.255 e. The molecule has 33 heavy (non-hydrogen) atoms. The van der Waals surface area contributed by atoms with Crippen molar-refractivity contribution in [2.45, 2.75) is 32.9 Å². The zero-order valence-electron chi connectivity index (χ0n) is 18.7. The molecule has 0 aliphatic carbocycles. The number of halogens is 1. The van der Waals surface area contributed by atoms with Crippen molar-refractivity contribution in [3.63, 3.8) is 0 Å². The van der Waals surface area contributed by atoms with Crippen LogP contribution < -0.4 is 10.1 Å². The summed E-state index contributed by atoms with van der Waals surface area (Å²) in [6.07, 6.45) is 3.43. The minimum absolute atomic E-state index is 0.194. The number of aromatic nitrogens is 2. The van der Waals surface area contributed by atoms with Gasteiger partial charge in [0.25, 0.3) is 5.91 Å². The molecule has 168 valence electrons. The highest BCUT2D eigenvalue weighted by Gasteiger charge is 2.09. The van der Waals surface area contributed by atoms with Gasteiger partial charge in [-0.15, -0.1) is 0 Å². The van der Waals surface area contributed by atoms with Crippen LogP contribution in [-0.4, -0.2) is 15.7 Å². The average Bonchev–Trinajstić information content (AvgIpc) is 3.24. The van der Waals surface area contributed by atoms with E-state index in [-0.39, 0.29) is 5.91 Å². The predicted molar refractivity (Wildman–Crippen MR) is 132 cm³/mol. The molecule has 5 nitrogen and oxygen atoms in total. The van der Waals surface area contributed by atoms with Gasteiger partial charge >= 0.3 is 0 Å². The number of hydrogen-bond donors (Lipinski definition) is 1. The molecule has 0 unspecified atom stereocenters. The van der Waals surface area contributed by atoms with Crippen LogP contribution in [0.1, 0.15) is 46.8 Å². The van der Waals surface area contributed by atoms with E-state index in [1.165, 1.54) is 5.56 Å². The standard InChI is InChI=1S/C27H26ClN3O2/c1-19(2)22-9-11-26(12-10-22)33-18-21-6-3-7-23(13-21)27(32)30-25-15-29-31(17-25)16-20-5-4-8-24(28)14-20/h3-15,17,19H,16,18H2,1-2H3,(H,30,32). The highest BCUT2D eigenvalue weighted by molar-refractivity contribution is 6.30. The van der Waals surface area contributed by atoms with Crippen LogP contribution in [0.2, 0.25) is 5.02 Å². The fourth-order valence-electron chi connectivity index (χ4n) is 3.46. The lowest BCUT2D eigenvalue weighted by molar-refractivity contribution is 0.102. The number of nitrogens with one attached hydrogen (secondary N) is 1. The zero-order valence-corrected chi connectivity index (χ0v) is 19.4. The first kappa shape index (κ1) is 22.6. The van der Waals surface area contributed by atoms with Gasteiger partial charge in [-0.1, -0.05) is 61.8 Å². The quantitative estimate of drug-likeness (QED) is 0.325. The Kier molecular flexibility index (Phi) is 7.10. The number of ether oxygens (including phenoxy) is 1. The summed E-state index contributed by atoms with van der Waals surface area (Å²) in [7, 11) is 0. The molecule has 0 aliphatic heterocycles. The summed E-state index contributed by atoms with van der Waals surface area (Å²) in [5, 5.41) is 7.91. The van der Waals surface area contributed by atoms with E-state index in [2.05, 4.69) is 36.4 Å². The van der Waals surface area contributed by atoms with Crippen molar-refractivity contribution >= 4 is 23.2 Å². The summed E-state index contributed by atoms with van der Waals surface area (Å²) in [5.74, 6) is 1.10. The second-order valence-electron chi connectivity index (χ2n) is 8.22. The first-order chi connectivity index (χ1) is 16.0. The fourth-order valence-corrected chi connectivity index (χ4v) is 3.67. The van der Waals surface area contributed by atoms with Gasteiger partial charge in [0.15, 0.2) is 0 Å². The number of benzene rings is 3. The van der Waals surface area contributed by atoms with Crippen molar-refractivity contribution in [3.05, 3.63) is 112 Å². The summed E-state index contributed by atoms with van der Waals surface area (Å²) in [5.41, 5.74) is 4.43. The summed E-state index contributed by atoms with van der Waals surface area (Å²) in [6.45, 7) is 5.29. The van der Waals surface area contributed by atoms with E-state index in [1.807, 2.05) is 54.6 Å². The second kappa shape index (κ2) is 10.4. The molecule has 0 saturated heterocycles. The monoisotopic (exact) mass is 459 g/mol. The number of anilines is 1. The van der Waals surface area contributed by atoms with Gasteiger partial charge in [0.1, 0.15) is 12.4 Å². The van der Waals surface area contributed by atoms with Crippen molar-refractivity contribution in [2.75, 3.05) is 5.32 Å². The lowest BCUT2D eigenvalue weighted by atomic mass is 10.0. The van der Waals surface area contributed by atoms with E-state index in [4.69, 9.17) is 16.3 Å². The molecule has 0 spiro atoms. The Morgan fingerprint density at radius 2 is 1.79 bits per heavy atom. The molecule has 0 saturated carbocycles. The molecule has 0 aliphatic rings. The number of hydrogen-bond acceptors (Lipinski definition) is 3. The van der Waals surface area contributed by atoms with Gasteiger partial charge in [-0.2, -0.15) is 5.10 Å².